The maximum atomic E-state index is 12.8. The van der Waals surface area contributed by atoms with Gasteiger partial charge in [-0.25, -0.2) is 8.42 Å². The van der Waals surface area contributed by atoms with Gasteiger partial charge in [0, 0.05) is 29.5 Å². The van der Waals surface area contributed by atoms with E-state index in [1.807, 2.05) is 0 Å². The van der Waals surface area contributed by atoms with Gasteiger partial charge in [-0.3, -0.25) is 4.79 Å². The molecule has 1 saturated heterocycles. The number of rotatable bonds is 6. The van der Waals surface area contributed by atoms with Crippen LogP contribution in [-0.2, 0) is 14.8 Å². The van der Waals surface area contributed by atoms with Crippen LogP contribution < -0.4 is 10.6 Å². The van der Waals surface area contributed by atoms with Crippen molar-refractivity contribution < 1.29 is 13.2 Å². The minimum atomic E-state index is -3.46. The molecule has 2 N–H and O–H groups in total. The number of hydrogen-bond donors (Lipinski definition) is 2. The number of benzene rings is 2. The van der Waals surface area contributed by atoms with Crippen LogP contribution in [0.5, 0.6) is 0 Å². The molecule has 3 rings (SSSR count). The molecule has 0 radical (unpaired) electrons. The summed E-state index contributed by atoms with van der Waals surface area (Å²) in [6, 6.07) is 13.4. The van der Waals surface area contributed by atoms with Crippen LogP contribution in [0.3, 0.4) is 0 Å². The fourth-order valence-corrected chi connectivity index (χ4v) is 4.74. The standard InChI is InChI=1S/C20H24ClN3O3S/c21-16-5-7-18(8-6-16)23-20(25)15-22-17-9-11-19(12-10-17)28(26,27)24-13-3-1-2-4-14-24/h5-12,22H,1-4,13-15H2,(H,23,25). The zero-order chi connectivity index (χ0) is 20.0. The molecule has 28 heavy (non-hydrogen) atoms. The lowest BCUT2D eigenvalue weighted by molar-refractivity contribution is -0.114. The van der Waals surface area contributed by atoms with Gasteiger partial charge < -0.3 is 10.6 Å². The highest BCUT2D eigenvalue weighted by Crippen LogP contribution is 2.21. The van der Waals surface area contributed by atoms with E-state index in [0.29, 0.717) is 29.5 Å². The first-order valence-corrected chi connectivity index (χ1v) is 11.2. The van der Waals surface area contributed by atoms with Crippen molar-refractivity contribution in [3.8, 4) is 0 Å². The van der Waals surface area contributed by atoms with E-state index in [0.717, 1.165) is 25.7 Å². The Hall–Kier alpha value is -2.09. The molecule has 0 unspecified atom stereocenters. The van der Waals surface area contributed by atoms with Crippen molar-refractivity contribution in [2.24, 2.45) is 0 Å². The normalized spacial score (nSPS) is 15.6. The Labute approximate surface area is 170 Å². The van der Waals surface area contributed by atoms with Gasteiger partial charge in [0.1, 0.15) is 0 Å². The Bertz CT molecular complexity index is 891. The van der Waals surface area contributed by atoms with Crippen LogP contribution in [-0.4, -0.2) is 38.3 Å². The summed E-state index contributed by atoms with van der Waals surface area (Å²) >= 11 is 5.82. The van der Waals surface area contributed by atoms with Crippen molar-refractivity contribution in [1.29, 1.82) is 0 Å². The van der Waals surface area contributed by atoms with Gasteiger partial charge >= 0.3 is 0 Å². The first-order valence-electron chi connectivity index (χ1n) is 9.35. The summed E-state index contributed by atoms with van der Waals surface area (Å²) in [6.07, 6.45) is 3.96. The molecule has 2 aromatic rings. The SMILES string of the molecule is O=C(CNc1ccc(S(=O)(=O)N2CCCCCC2)cc1)Nc1ccc(Cl)cc1. The molecule has 0 bridgehead atoms. The molecule has 1 amide bonds. The number of amides is 1. The largest absolute Gasteiger partial charge is 0.376 e. The van der Waals surface area contributed by atoms with Crippen LogP contribution in [0.2, 0.25) is 5.02 Å². The number of carbonyl (C=O) groups excluding carboxylic acids is 1. The van der Waals surface area contributed by atoms with Crippen LogP contribution in [0.25, 0.3) is 0 Å². The maximum absolute atomic E-state index is 12.8. The van der Waals surface area contributed by atoms with Crippen molar-refractivity contribution in [1.82, 2.24) is 4.31 Å². The zero-order valence-corrected chi connectivity index (χ0v) is 17.1. The molecule has 2 aromatic carbocycles. The first-order chi connectivity index (χ1) is 13.4. The zero-order valence-electron chi connectivity index (χ0n) is 15.5. The predicted molar refractivity (Wildman–Crippen MR) is 112 cm³/mol. The topological polar surface area (TPSA) is 78.5 Å². The summed E-state index contributed by atoms with van der Waals surface area (Å²) in [5.41, 5.74) is 1.34. The molecule has 1 aliphatic rings. The number of hydrogen-bond acceptors (Lipinski definition) is 4. The highest BCUT2D eigenvalue weighted by atomic mass is 35.5. The average molecular weight is 422 g/mol. The van der Waals surface area contributed by atoms with Gasteiger partial charge in [0.15, 0.2) is 0 Å². The molecule has 150 valence electrons. The minimum absolute atomic E-state index is 0.0703. The Morgan fingerprint density at radius 2 is 1.46 bits per heavy atom. The molecular weight excluding hydrogens is 398 g/mol. The Morgan fingerprint density at radius 3 is 2.07 bits per heavy atom. The van der Waals surface area contributed by atoms with Crippen LogP contribution in [0, 0.1) is 0 Å². The average Bonchev–Trinajstić information content (AvgIpc) is 2.99. The van der Waals surface area contributed by atoms with Gasteiger partial charge in [0.2, 0.25) is 15.9 Å². The van der Waals surface area contributed by atoms with Crippen LogP contribution in [0.4, 0.5) is 11.4 Å². The second kappa shape index (κ2) is 9.41. The Kier molecular flexibility index (Phi) is 6.93. The van der Waals surface area contributed by atoms with E-state index in [9.17, 15) is 13.2 Å². The lowest BCUT2D eigenvalue weighted by Crippen LogP contribution is -2.31. The quantitative estimate of drug-likeness (QED) is 0.740. The first kappa shape index (κ1) is 20.6. The lowest BCUT2D eigenvalue weighted by Gasteiger charge is -2.20. The maximum Gasteiger partial charge on any atom is 0.243 e. The van der Waals surface area contributed by atoms with E-state index in [1.54, 1.807) is 52.8 Å². The summed E-state index contributed by atoms with van der Waals surface area (Å²) in [4.78, 5) is 12.3. The van der Waals surface area contributed by atoms with Gasteiger partial charge in [-0.2, -0.15) is 4.31 Å². The van der Waals surface area contributed by atoms with E-state index in [2.05, 4.69) is 10.6 Å². The molecule has 0 saturated carbocycles. The third-order valence-electron chi connectivity index (χ3n) is 4.64. The van der Waals surface area contributed by atoms with Crippen molar-refractivity contribution in [3.63, 3.8) is 0 Å². The van der Waals surface area contributed by atoms with Crippen LogP contribution >= 0.6 is 11.6 Å². The number of carbonyl (C=O) groups is 1. The summed E-state index contributed by atoms with van der Waals surface area (Å²) in [6.45, 7) is 1.22. The molecule has 1 heterocycles. The predicted octanol–water partition coefficient (Wildman–Crippen LogP) is 3.96. The molecule has 1 aliphatic heterocycles. The molecule has 0 atom stereocenters. The third-order valence-corrected chi connectivity index (χ3v) is 6.80. The molecule has 0 aliphatic carbocycles. The lowest BCUT2D eigenvalue weighted by atomic mass is 10.2. The number of anilines is 2. The monoisotopic (exact) mass is 421 g/mol. The number of nitrogens with zero attached hydrogens (tertiary/aromatic N) is 1. The van der Waals surface area contributed by atoms with Crippen LogP contribution in [0.1, 0.15) is 25.7 Å². The van der Waals surface area contributed by atoms with Gasteiger partial charge in [-0.05, 0) is 61.4 Å². The van der Waals surface area contributed by atoms with Gasteiger partial charge in [0.05, 0.1) is 11.4 Å². The van der Waals surface area contributed by atoms with E-state index >= 15 is 0 Å². The number of halogens is 1. The number of sulfonamides is 1. The third kappa shape index (κ3) is 5.47. The van der Waals surface area contributed by atoms with Gasteiger partial charge in [-0.1, -0.05) is 24.4 Å². The van der Waals surface area contributed by atoms with Crippen molar-refractivity contribution in [3.05, 3.63) is 53.6 Å². The van der Waals surface area contributed by atoms with E-state index in [1.165, 1.54) is 0 Å². The highest BCUT2D eigenvalue weighted by Gasteiger charge is 2.24. The fourth-order valence-electron chi connectivity index (χ4n) is 3.10. The van der Waals surface area contributed by atoms with E-state index < -0.39 is 10.0 Å². The molecule has 1 fully saturated rings. The fraction of sp³-hybridized carbons (Fsp3) is 0.350. The smallest absolute Gasteiger partial charge is 0.243 e. The minimum Gasteiger partial charge on any atom is -0.376 e. The Morgan fingerprint density at radius 1 is 0.893 bits per heavy atom. The van der Waals surface area contributed by atoms with Crippen molar-refractivity contribution >= 4 is 38.9 Å². The second-order valence-corrected chi connectivity index (χ2v) is 9.13. The van der Waals surface area contributed by atoms with Gasteiger partial charge in [0.25, 0.3) is 0 Å². The molecule has 8 heteroatoms. The summed E-state index contributed by atoms with van der Waals surface area (Å²) in [5.74, 6) is -0.205. The molecule has 0 aromatic heterocycles. The van der Waals surface area contributed by atoms with Crippen molar-refractivity contribution in [2.45, 2.75) is 30.6 Å². The molecular formula is C20H24ClN3O3S. The second-order valence-electron chi connectivity index (χ2n) is 6.75. The number of nitrogens with one attached hydrogen (secondary N) is 2. The van der Waals surface area contributed by atoms with Crippen LogP contribution in [0.15, 0.2) is 53.4 Å². The Balaban J connectivity index is 1.56. The van der Waals surface area contributed by atoms with E-state index in [-0.39, 0.29) is 17.3 Å². The summed E-state index contributed by atoms with van der Waals surface area (Å²) in [5, 5.41) is 6.36. The molecule has 0 spiro atoms. The molecule has 6 nitrogen and oxygen atoms in total. The van der Waals surface area contributed by atoms with Gasteiger partial charge in [-0.15, -0.1) is 0 Å². The summed E-state index contributed by atoms with van der Waals surface area (Å²) in [7, 11) is -3.46. The highest BCUT2D eigenvalue weighted by molar-refractivity contribution is 7.89. The van der Waals surface area contributed by atoms with Crippen molar-refractivity contribution in [2.75, 3.05) is 30.3 Å². The van der Waals surface area contributed by atoms with E-state index in [4.69, 9.17) is 11.6 Å². The summed E-state index contributed by atoms with van der Waals surface area (Å²) < 4.78 is 27.1.